The van der Waals surface area contributed by atoms with Crippen LogP contribution in [0.25, 0.3) is 0 Å². The molecule has 2 atom stereocenters. The summed E-state index contributed by atoms with van der Waals surface area (Å²) in [6.45, 7) is 7.09. The minimum absolute atomic E-state index is 0.0979. The Kier molecular flexibility index (Phi) is 4.29. The van der Waals surface area contributed by atoms with Gasteiger partial charge in [0.2, 0.25) is 5.91 Å². The summed E-state index contributed by atoms with van der Waals surface area (Å²) in [5.74, 6) is 0.123. The van der Waals surface area contributed by atoms with Gasteiger partial charge in [-0.1, -0.05) is 12.2 Å². The second-order valence-corrected chi connectivity index (χ2v) is 4.21. The van der Waals surface area contributed by atoms with Gasteiger partial charge in [0, 0.05) is 27.2 Å². The maximum atomic E-state index is 11.9. The molecule has 1 aliphatic heterocycles. The number of hydrogen-bond donors (Lipinski definition) is 1. The van der Waals surface area contributed by atoms with Crippen LogP contribution in [0.5, 0.6) is 0 Å². The molecule has 1 N–H and O–H groups in total. The number of carbonyl (C=O) groups is 1. The summed E-state index contributed by atoms with van der Waals surface area (Å²) < 4.78 is 5.20. The molecule has 1 amide bonds. The van der Waals surface area contributed by atoms with Crippen molar-refractivity contribution >= 4 is 5.91 Å². The van der Waals surface area contributed by atoms with Gasteiger partial charge in [0.15, 0.2) is 0 Å². The highest BCUT2D eigenvalue weighted by Gasteiger charge is 2.30. The minimum Gasteiger partial charge on any atom is -0.380 e. The number of ether oxygens (including phenoxy) is 1. The van der Waals surface area contributed by atoms with Crippen LogP contribution in [0.3, 0.4) is 0 Å². The molecule has 1 rings (SSSR count). The first-order chi connectivity index (χ1) is 7.04. The van der Waals surface area contributed by atoms with E-state index in [2.05, 4.69) is 11.9 Å². The van der Waals surface area contributed by atoms with Gasteiger partial charge in [-0.3, -0.25) is 4.79 Å². The summed E-state index contributed by atoms with van der Waals surface area (Å²) in [7, 11) is 3.48. The minimum atomic E-state index is -0.0979. The highest BCUT2D eigenvalue weighted by atomic mass is 16.5. The molecule has 2 unspecified atom stereocenters. The first kappa shape index (κ1) is 12.2. The molecule has 0 bridgehead atoms. The summed E-state index contributed by atoms with van der Waals surface area (Å²) in [4.78, 5) is 13.6. The quantitative estimate of drug-likeness (QED) is 0.686. The van der Waals surface area contributed by atoms with E-state index in [1.807, 2.05) is 6.92 Å². The number of nitrogens with one attached hydrogen (secondary N) is 1. The first-order valence-electron chi connectivity index (χ1n) is 5.20. The molecule has 4 heteroatoms. The van der Waals surface area contributed by atoms with Gasteiger partial charge in [-0.2, -0.15) is 0 Å². The molecule has 1 heterocycles. The Morgan fingerprint density at radius 2 is 2.33 bits per heavy atom. The number of carbonyl (C=O) groups excluding carboxylic acids is 1. The van der Waals surface area contributed by atoms with Gasteiger partial charge in [-0.05, 0) is 13.3 Å². The Balaban J connectivity index is 2.44. The number of hydrogen-bond acceptors (Lipinski definition) is 3. The van der Waals surface area contributed by atoms with Crippen molar-refractivity contribution in [1.82, 2.24) is 10.2 Å². The third-order valence-electron chi connectivity index (χ3n) is 2.61. The van der Waals surface area contributed by atoms with Crippen LogP contribution in [-0.2, 0) is 9.53 Å². The van der Waals surface area contributed by atoms with E-state index in [1.165, 1.54) is 0 Å². The zero-order chi connectivity index (χ0) is 11.4. The van der Waals surface area contributed by atoms with Crippen LogP contribution in [0, 0.1) is 0 Å². The fourth-order valence-corrected chi connectivity index (χ4v) is 1.82. The number of likely N-dealkylation sites (N-methyl/N-ethyl adjacent to an activating group) is 1. The molecule has 0 aromatic heterocycles. The molecule has 0 spiro atoms. The second-order valence-electron chi connectivity index (χ2n) is 4.21. The Morgan fingerprint density at radius 1 is 1.67 bits per heavy atom. The predicted molar refractivity (Wildman–Crippen MR) is 59.7 cm³/mol. The molecule has 0 aromatic rings. The third kappa shape index (κ3) is 3.32. The molecule has 0 aromatic carbocycles. The number of amides is 1. The molecular formula is C11H20N2O2. The van der Waals surface area contributed by atoms with Crippen LogP contribution < -0.4 is 5.32 Å². The summed E-state index contributed by atoms with van der Waals surface area (Å²) in [6.07, 6.45) is 0.924. The van der Waals surface area contributed by atoms with Crippen LogP contribution in [-0.4, -0.2) is 50.2 Å². The van der Waals surface area contributed by atoms with E-state index in [0.29, 0.717) is 6.54 Å². The number of methoxy groups -OCH3 is 1. The van der Waals surface area contributed by atoms with Crippen molar-refractivity contribution in [2.75, 3.05) is 27.2 Å². The van der Waals surface area contributed by atoms with Gasteiger partial charge in [0.25, 0.3) is 0 Å². The SMILES string of the molecule is C=C(C)CN(C)C(=O)C1CC(OC)CN1. The molecule has 0 aliphatic carbocycles. The molecule has 0 saturated carbocycles. The topological polar surface area (TPSA) is 41.6 Å². The number of nitrogens with zero attached hydrogens (tertiary/aromatic N) is 1. The lowest BCUT2D eigenvalue weighted by Crippen LogP contribution is -2.42. The summed E-state index contributed by atoms with van der Waals surface area (Å²) in [5.41, 5.74) is 0.993. The lowest BCUT2D eigenvalue weighted by atomic mass is 10.1. The zero-order valence-corrected chi connectivity index (χ0v) is 9.75. The lowest BCUT2D eigenvalue weighted by Gasteiger charge is -2.21. The van der Waals surface area contributed by atoms with E-state index < -0.39 is 0 Å². The Morgan fingerprint density at radius 3 is 2.80 bits per heavy atom. The fourth-order valence-electron chi connectivity index (χ4n) is 1.82. The largest absolute Gasteiger partial charge is 0.380 e. The van der Waals surface area contributed by atoms with Crippen molar-refractivity contribution in [1.29, 1.82) is 0 Å². The van der Waals surface area contributed by atoms with E-state index in [-0.39, 0.29) is 18.1 Å². The molecule has 1 saturated heterocycles. The average molecular weight is 212 g/mol. The predicted octanol–water partition coefficient (Wildman–Crippen LogP) is 0.398. The fraction of sp³-hybridized carbons (Fsp3) is 0.727. The summed E-state index contributed by atoms with van der Waals surface area (Å²) >= 11 is 0. The average Bonchev–Trinajstić information content (AvgIpc) is 2.63. The van der Waals surface area contributed by atoms with Crippen molar-refractivity contribution in [2.45, 2.75) is 25.5 Å². The van der Waals surface area contributed by atoms with E-state index in [0.717, 1.165) is 18.5 Å². The van der Waals surface area contributed by atoms with E-state index >= 15 is 0 Å². The Bertz CT molecular complexity index is 253. The van der Waals surface area contributed by atoms with E-state index in [4.69, 9.17) is 4.74 Å². The van der Waals surface area contributed by atoms with Crippen molar-refractivity contribution in [2.24, 2.45) is 0 Å². The van der Waals surface area contributed by atoms with Gasteiger partial charge in [0.05, 0.1) is 12.1 Å². The highest BCUT2D eigenvalue weighted by molar-refractivity contribution is 5.82. The van der Waals surface area contributed by atoms with E-state index in [1.54, 1.807) is 19.1 Å². The standard InChI is InChI=1S/C11H20N2O2/c1-8(2)7-13(3)11(14)10-5-9(15-4)6-12-10/h9-10,12H,1,5-7H2,2-4H3. The molecule has 4 nitrogen and oxygen atoms in total. The van der Waals surface area contributed by atoms with Gasteiger partial charge >= 0.3 is 0 Å². The first-order valence-corrected chi connectivity index (χ1v) is 5.20. The molecule has 1 aliphatic rings. The van der Waals surface area contributed by atoms with Crippen LogP contribution in [0.4, 0.5) is 0 Å². The Labute approximate surface area is 91.3 Å². The van der Waals surface area contributed by atoms with Gasteiger partial charge < -0.3 is 15.0 Å². The molecule has 15 heavy (non-hydrogen) atoms. The van der Waals surface area contributed by atoms with Gasteiger partial charge in [-0.15, -0.1) is 0 Å². The van der Waals surface area contributed by atoms with Gasteiger partial charge in [-0.25, -0.2) is 0 Å². The van der Waals surface area contributed by atoms with Crippen molar-refractivity contribution in [3.05, 3.63) is 12.2 Å². The molecule has 86 valence electrons. The second kappa shape index (κ2) is 5.28. The van der Waals surface area contributed by atoms with Crippen LogP contribution in [0.1, 0.15) is 13.3 Å². The van der Waals surface area contributed by atoms with Crippen molar-refractivity contribution < 1.29 is 9.53 Å². The maximum Gasteiger partial charge on any atom is 0.239 e. The van der Waals surface area contributed by atoms with Crippen molar-refractivity contribution in [3.63, 3.8) is 0 Å². The normalized spacial score (nSPS) is 25.3. The Hall–Kier alpha value is -0.870. The van der Waals surface area contributed by atoms with Crippen LogP contribution in [0.2, 0.25) is 0 Å². The van der Waals surface area contributed by atoms with Crippen LogP contribution >= 0.6 is 0 Å². The summed E-state index contributed by atoms with van der Waals surface area (Å²) in [6, 6.07) is -0.0979. The van der Waals surface area contributed by atoms with Crippen molar-refractivity contribution in [3.8, 4) is 0 Å². The van der Waals surface area contributed by atoms with E-state index in [9.17, 15) is 4.79 Å². The lowest BCUT2D eigenvalue weighted by molar-refractivity contribution is -0.131. The van der Waals surface area contributed by atoms with Gasteiger partial charge in [0.1, 0.15) is 0 Å². The summed E-state index contributed by atoms with van der Waals surface area (Å²) in [5, 5.41) is 3.17. The molecular weight excluding hydrogens is 192 g/mol. The molecule has 1 fully saturated rings. The number of rotatable bonds is 4. The smallest absolute Gasteiger partial charge is 0.239 e. The maximum absolute atomic E-state index is 11.9. The molecule has 0 radical (unpaired) electrons. The monoisotopic (exact) mass is 212 g/mol. The highest BCUT2D eigenvalue weighted by Crippen LogP contribution is 2.11. The third-order valence-corrected chi connectivity index (χ3v) is 2.61. The zero-order valence-electron chi connectivity index (χ0n) is 9.75. The van der Waals surface area contributed by atoms with Crippen LogP contribution in [0.15, 0.2) is 12.2 Å².